The molecule has 48 heavy (non-hydrogen) atoms. The van der Waals surface area contributed by atoms with Crippen LogP contribution in [0.4, 0.5) is 20.6 Å². The van der Waals surface area contributed by atoms with Crippen LogP contribution >= 0.6 is 0 Å². The molecule has 1 aliphatic heterocycles. The highest BCUT2D eigenvalue weighted by molar-refractivity contribution is 7.92. The highest BCUT2D eigenvalue weighted by atomic mass is 32.2. The Morgan fingerprint density at radius 3 is 2.54 bits per heavy atom. The number of aliphatic hydroxyl groups excluding tert-OH is 1. The van der Waals surface area contributed by atoms with Crippen molar-refractivity contribution in [3.8, 4) is 5.75 Å². The van der Waals surface area contributed by atoms with E-state index in [0.29, 0.717) is 18.7 Å². The number of likely N-dealkylation sites (N-methyl/N-ethyl adjacent to an activating group) is 1. The van der Waals surface area contributed by atoms with Gasteiger partial charge in [0, 0.05) is 57.3 Å². The molecule has 2 heterocycles. The van der Waals surface area contributed by atoms with E-state index in [1.54, 1.807) is 27.1 Å². The van der Waals surface area contributed by atoms with Crippen LogP contribution in [-0.2, 0) is 21.8 Å². The van der Waals surface area contributed by atoms with Crippen LogP contribution in [0.3, 0.4) is 0 Å². The van der Waals surface area contributed by atoms with Crippen LogP contribution in [0.2, 0.25) is 0 Å². The van der Waals surface area contributed by atoms with Crippen molar-refractivity contribution in [1.82, 2.24) is 19.4 Å². The molecule has 0 saturated carbocycles. The molecular weight excluding hydrogens is 643 g/mol. The summed E-state index contributed by atoms with van der Waals surface area (Å²) in [5, 5.41) is 12.8. The first-order valence-electron chi connectivity index (χ1n) is 15.9. The van der Waals surface area contributed by atoms with Gasteiger partial charge in [-0.05, 0) is 75.6 Å². The Kier molecular flexibility index (Phi) is 12.4. The number of sulfonamides is 1. The van der Waals surface area contributed by atoms with Gasteiger partial charge in [-0.2, -0.15) is 8.42 Å². The molecule has 1 aromatic heterocycles. The number of rotatable bonds is 8. The first-order valence-corrected chi connectivity index (χ1v) is 17.4. The second kappa shape index (κ2) is 16.3. The highest BCUT2D eigenvalue weighted by Gasteiger charge is 2.31. The standard InChI is InChI=1S/C33H45FN6O7S/c1-22-17-40(23(2)20-41)32(42)28-16-27(37-48(44,45)31-19-38(4)21-35-31)13-14-29(28)47-24(3)8-6-7-15-46-30(22)18-39(5)33(43)36-26-11-9-25(34)10-12-26/h9-14,16,19,21-24,30,37,41H,6-8,15,17-18,20H2,1-5H3,(H,36,43)/t22-,23+,24-,30+/m0/s1. The maximum Gasteiger partial charge on any atom is 0.321 e. The van der Waals surface area contributed by atoms with Crippen LogP contribution in [0, 0.1) is 11.7 Å². The van der Waals surface area contributed by atoms with Crippen molar-refractivity contribution >= 4 is 33.3 Å². The zero-order valence-electron chi connectivity index (χ0n) is 27.9. The minimum atomic E-state index is -4.05. The van der Waals surface area contributed by atoms with Gasteiger partial charge in [-0.25, -0.2) is 14.2 Å². The molecule has 2 aromatic carbocycles. The normalized spacial score (nSPS) is 20.2. The molecule has 1 aliphatic rings. The van der Waals surface area contributed by atoms with Crippen molar-refractivity contribution in [2.45, 2.75) is 63.3 Å². The molecular formula is C33H45FN6O7S. The number of nitrogens with zero attached hydrogens (tertiary/aromatic N) is 4. The minimum absolute atomic E-state index is 0.126. The van der Waals surface area contributed by atoms with E-state index in [-0.39, 0.29) is 53.7 Å². The summed E-state index contributed by atoms with van der Waals surface area (Å²) < 4.78 is 56.0. The lowest BCUT2D eigenvalue weighted by Crippen LogP contribution is -2.48. The van der Waals surface area contributed by atoms with E-state index in [9.17, 15) is 27.5 Å². The number of aliphatic hydroxyl groups is 1. The molecule has 13 nitrogen and oxygen atoms in total. The van der Waals surface area contributed by atoms with Gasteiger partial charge in [0.25, 0.3) is 15.9 Å². The summed E-state index contributed by atoms with van der Waals surface area (Å²) in [5.74, 6) is -0.896. The summed E-state index contributed by atoms with van der Waals surface area (Å²) in [6.45, 7) is 5.95. The average molecular weight is 689 g/mol. The second-order valence-electron chi connectivity index (χ2n) is 12.3. The Morgan fingerprint density at radius 1 is 1.17 bits per heavy atom. The summed E-state index contributed by atoms with van der Waals surface area (Å²) in [4.78, 5) is 34.2. The molecule has 15 heteroatoms. The lowest BCUT2D eigenvalue weighted by Gasteiger charge is -2.35. The zero-order valence-corrected chi connectivity index (χ0v) is 28.7. The van der Waals surface area contributed by atoms with E-state index >= 15 is 0 Å². The smallest absolute Gasteiger partial charge is 0.321 e. The number of benzene rings is 2. The Balaban J connectivity index is 1.62. The summed E-state index contributed by atoms with van der Waals surface area (Å²) in [7, 11) is -0.762. The van der Waals surface area contributed by atoms with Crippen molar-refractivity contribution < 1.29 is 37.0 Å². The van der Waals surface area contributed by atoms with Gasteiger partial charge in [-0.1, -0.05) is 6.92 Å². The van der Waals surface area contributed by atoms with Crippen molar-refractivity contribution in [2.75, 3.05) is 43.4 Å². The number of carbonyl (C=O) groups is 2. The van der Waals surface area contributed by atoms with Crippen LogP contribution in [0.1, 0.15) is 50.4 Å². The van der Waals surface area contributed by atoms with Crippen LogP contribution in [-0.4, -0.2) is 96.4 Å². The average Bonchev–Trinajstić information content (AvgIpc) is 3.50. The third kappa shape index (κ3) is 9.67. The maximum absolute atomic E-state index is 14.3. The van der Waals surface area contributed by atoms with Crippen molar-refractivity contribution in [3.05, 3.63) is 66.4 Å². The molecule has 0 unspecified atom stereocenters. The van der Waals surface area contributed by atoms with Crippen molar-refractivity contribution in [2.24, 2.45) is 13.0 Å². The van der Waals surface area contributed by atoms with E-state index in [1.807, 2.05) is 13.8 Å². The molecule has 0 saturated heterocycles. The van der Waals surface area contributed by atoms with E-state index < -0.39 is 39.9 Å². The number of imidazole rings is 1. The molecule has 4 rings (SSSR count). The van der Waals surface area contributed by atoms with Crippen molar-refractivity contribution in [1.29, 1.82) is 0 Å². The lowest BCUT2D eigenvalue weighted by atomic mass is 10.0. The van der Waals surface area contributed by atoms with Crippen LogP contribution in [0.25, 0.3) is 0 Å². The van der Waals surface area contributed by atoms with Gasteiger partial charge in [0.05, 0.1) is 36.7 Å². The Hall–Kier alpha value is -4.21. The topological polar surface area (TPSA) is 155 Å². The second-order valence-corrected chi connectivity index (χ2v) is 13.9. The quantitative estimate of drug-likeness (QED) is 0.316. The van der Waals surface area contributed by atoms with Gasteiger partial charge >= 0.3 is 6.03 Å². The number of halogens is 1. The SMILES string of the molecule is C[C@H](CO)N1C[C@H](C)[C@@H](CN(C)C(=O)Nc2ccc(F)cc2)OCCCC[C@H](C)Oc2ccc(NS(=O)(=O)c3cn(C)cn3)cc2C1=O. The molecule has 3 amide bonds. The third-order valence-corrected chi connectivity index (χ3v) is 9.42. The Labute approximate surface area is 281 Å². The molecule has 0 bridgehead atoms. The number of nitrogens with one attached hydrogen (secondary N) is 2. The van der Waals surface area contributed by atoms with Crippen LogP contribution in [0.15, 0.2) is 60.0 Å². The van der Waals surface area contributed by atoms with E-state index in [1.165, 1.54) is 63.3 Å². The number of aryl methyl sites for hydroxylation is 1. The van der Waals surface area contributed by atoms with Gasteiger partial charge < -0.3 is 34.3 Å². The number of fused-ring (bicyclic) bond motifs is 1. The minimum Gasteiger partial charge on any atom is -0.490 e. The number of urea groups is 1. The van der Waals surface area contributed by atoms with Crippen molar-refractivity contribution in [3.63, 3.8) is 0 Å². The summed E-state index contributed by atoms with van der Waals surface area (Å²) in [5.41, 5.74) is 0.712. The number of anilines is 2. The number of ether oxygens (including phenoxy) is 2. The molecule has 0 spiro atoms. The van der Waals surface area contributed by atoms with E-state index in [0.717, 1.165) is 12.8 Å². The molecule has 3 aromatic rings. The summed E-state index contributed by atoms with van der Waals surface area (Å²) in [6.07, 6.45) is 4.17. The van der Waals surface area contributed by atoms with Crippen LogP contribution in [0.5, 0.6) is 5.75 Å². The number of hydrogen-bond donors (Lipinski definition) is 3. The van der Waals surface area contributed by atoms with E-state index in [4.69, 9.17) is 9.47 Å². The number of amides is 3. The Morgan fingerprint density at radius 2 is 1.88 bits per heavy atom. The number of hydrogen-bond acceptors (Lipinski definition) is 8. The maximum atomic E-state index is 14.3. The predicted octanol–water partition coefficient (Wildman–Crippen LogP) is 4.32. The zero-order chi connectivity index (χ0) is 35.0. The van der Waals surface area contributed by atoms with E-state index in [2.05, 4.69) is 15.0 Å². The van der Waals surface area contributed by atoms with Gasteiger partial charge in [-0.15, -0.1) is 0 Å². The van der Waals surface area contributed by atoms with Crippen LogP contribution < -0.4 is 14.8 Å². The molecule has 3 N–H and O–H groups in total. The Bertz CT molecular complexity index is 1650. The fourth-order valence-corrected chi connectivity index (χ4v) is 6.32. The van der Waals surface area contributed by atoms with Gasteiger partial charge in [0.15, 0.2) is 5.03 Å². The molecule has 0 fully saturated rings. The summed E-state index contributed by atoms with van der Waals surface area (Å²) >= 11 is 0. The van der Waals surface area contributed by atoms with Gasteiger partial charge in [0.2, 0.25) is 0 Å². The third-order valence-electron chi connectivity index (χ3n) is 8.16. The number of aromatic nitrogens is 2. The predicted molar refractivity (Wildman–Crippen MR) is 179 cm³/mol. The van der Waals surface area contributed by atoms with Gasteiger partial charge in [0.1, 0.15) is 11.6 Å². The molecule has 4 atom stereocenters. The molecule has 0 aliphatic carbocycles. The molecule has 0 radical (unpaired) electrons. The fraction of sp³-hybridized carbons (Fsp3) is 0.485. The first-order chi connectivity index (χ1) is 22.8. The largest absolute Gasteiger partial charge is 0.490 e. The summed E-state index contributed by atoms with van der Waals surface area (Å²) in [6, 6.07) is 8.96. The lowest BCUT2D eigenvalue weighted by molar-refractivity contribution is -0.0115. The molecule has 262 valence electrons. The fourth-order valence-electron chi connectivity index (χ4n) is 5.29. The first kappa shape index (κ1) is 36.6. The highest BCUT2D eigenvalue weighted by Crippen LogP contribution is 2.29. The number of carbonyl (C=O) groups excluding carboxylic acids is 2. The monoisotopic (exact) mass is 688 g/mol. The van der Waals surface area contributed by atoms with Gasteiger partial charge in [-0.3, -0.25) is 9.52 Å².